The second kappa shape index (κ2) is 6.87. The topological polar surface area (TPSA) is 37.4 Å². The third-order valence-electron chi connectivity index (χ3n) is 3.58. The molecular formula is C15H25N3O. The maximum atomic E-state index is 5.42. The highest BCUT2D eigenvalue weighted by molar-refractivity contribution is 5.39. The summed E-state index contributed by atoms with van der Waals surface area (Å²) in [7, 11) is 2.14. The Labute approximate surface area is 116 Å². The van der Waals surface area contributed by atoms with Gasteiger partial charge in [-0.3, -0.25) is 0 Å². The predicted molar refractivity (Wildman–Crippen MR) is 78.5 cm³/mol. The first-order chi connectivity index (χ1) is 9.16. The minimum Gasteiger partial charge on any atom is -0.381 e. The van der Waals surface area contributed by atoms with Crippen molar-refractivity contribution >= 4 is 5.82 Å². The van der Waals surface area contributed by atoms with Gasteiger partial charge in [0.25, 0.3) is 0 Å². The van der Waals surface area contributed by atoms with Crippen molar-refractivity contribution in [2.24, 2.45) is 0 Å². The monoisotopic (exact) mass is 263 g/mol. The van der Waals surface area contributed by atoms with Gasteiger partial charge in [0.1, 0.15) is 5.82 Å². The Morgan fingerprint density at radius 2 is 2.11 bits per heavy atom. The van der Waals surface area contributed by atoms with Crippen molar-refractivity contribution in [2.45, 2.75) is 45.3 Å². The van der Waals surface area contributed by atoms with Gasteiger partial charge in [0.2, 0.25) is 0 Å². The number of aromatic nitrogens is 1. The Morgan fingerprint density at radius 3 is 2.79 bits per heavy atom. The SMILES string of the molecule is CC(C)NCc1cccc(N(C)C2CCOCC2)n1. The smallest absolute Gasteiger partial charge is 0.128 e. The number of pyridine rings is 1. The van der Waals surface area contributed by atoms with Gasteiger partial charge in [-0.25, -0.2) is 4.98 Å². The molecule has 0 aromatic carbocycles. The number of ether oxygens (including phenoxy) is 1. The van der Waals surface area contributed by atoms with E-state index in [2.05, 4.69) is 49.3 Å². The lowest BCUT2D eigenvalue weighted by Gasteiger charge is -2.32. The molecule has 1 aliphatic rings. The number of nitrogens with zero attached hydrogens (tertiary/aromatic N) is 2. The number of nitrogens with one attached hydrogen (secondary N) is 1. The van der Waals surface area contributed by atoms with E-state index in [1.165, 1.54) is 0 Å². The zero-order valence-electron chi connectivity index (χ0n) is 12.2. The maximum Gasteiger partial charge on any atom is 0.128 e. The van der Waals surface area contributed by atoms with Gasteiger partial charge in [-0.15, -0.1) is 0 Å². The zero-order valence-corrected chi connectivity index (χ0v) is 12.2. The lowest BCUT2D eigenvalue weighted by atomic mass is 10.1. The highest BCUT2D eigenvalue weighted by Gasteiger charge is 2.19. The second-order valence-electron chi connectivity index (χ2n) is 5.48. The summed E-state index contributed by atoms with van der Waals surface area (Å²) in [6.45, 7) is 6.86. The van der Waals surface area contributed by atoms with Crippen LogP contribution in [-0.2, 0) is 11.3 Å². The van der Waals surface area contributed by atoms with E-state index in [0.29, 0.717) is 12.1 Å². The normalized spacial score (nSPS) is 16.8. The molecule has 0 bridgehead atoms. The van der Waals surface area contributed by atoms with Gasteiger partial charge in [0.15, 0.2) is 0 Å². The van der Waals surface area contributed by atoms with E-state index in [1.807, 2.05) is 0 Å². The van der Waals surface area contributed by atoms with Crippen molar-refractivity contribution in [1.29, 1.82) is 0 Å². The quantitative estimate of drug-likeness (QED) is 0.883. The Kier molecular flexibility index (Phi) is 5.16. The average Bonchev–Trinajstić information content (AvgIpc) is 2.45. The summed E-state index contributed by atoms with van der Waals surface area (Å²) in [6.07, 6.45) is 2.18. The molecule has 1 fully saturated rings. The molecule has 1 aliphatic heterocycles. The molecular weight excluding hydrogens is 238 g/mol. The largest absolute Gasteiger partial charge is 0.381 e. The van der Waals surface area contributed by atoms with E-state index in [1.54, 1.807) is 0 Å². The molecule has 106 valence electrons. The molecule has 4 heteroatoms. The van der Waals surface area contributed by atoms with Crippen molar-refractivity contribution in [1.82, 2.24) is 10.3 Å². The molecule has 2 heterocycles. The van der Waals surface area contributed by atoms with Gasteiger partial charge in [0.05, 0.1) is 5.69 Å². The Hall–Kier alpha value is -1.13. The minimum atomic E-state index is 0.485. The van der Waals surface area contributed by atoms with E-state index in [-0.39, 0.29) is 0 Å². The molecule has 19 heavy (non-hydrogen) atoms. The lowest BCUT2D eigenvalue weighted by Crippen LogP contribution is -2.37. The fourth-order valence-corrected chi connectivity index (χ4v) is 2.33. The van der Waals surface area contributed by atoms with Crippen molar-refractivity contribution in [3.63, 3.8) is 0 Å². The van der Waals surface area contributed by atoms with Crippen LogP contribution in [0.5, 0.6) is 0 Å². The molecule has 4 nitrogen and oxygen atoms in total. The first-order valence-corrected chi connectivity index (χ1v) is 7.16. The zero-order chi connectivity index (χ0) is 13.7. The van der Waals surface area contributed by atoms with Crippen molar-refractivity contribution in [3.05, 3.63) is 23.9 Å². The Bertz CT molecular complexity index is 389. The molecule has 0 spiro atoms. The summed E-state index contributed by atoms with van der Waals surface area (Å²) in [4.78, 5) is 7.04. The maximum absolute atomic E-state index is 5.42. The molecule has 0 saturated carbocycles. The number of anilines is 1. The van der Waals surface area contributed by atoms with Crippen molar-refractivity contribution < 1.29 is 4.74 Å². The van der Waals surface area contributed by atoms with Crippen LogP contribution in [0.4, 0.5) is 5.82 Å². The summed E-state index contributed by atoms with van der Waals surface area (Å²) in [6, 6.07) is 7.30. The highest BCUT2D eigenvalue weighted by Crippen LogP contribution is 2.19. The first kappa shape index (κ1) is 14.3. The van der Waals surface area contributed by atoms with Crippen LogP contribution in [0, 0.1) is 0 Å². The molecule has 0 unspecified atom stereocenters. The van der Waals surface area contributed by atoms with Crippen LogP contribution in [0.15, 0.2) is 18.2 Å². The average molecular weight is 263 g/mol. The standard InChI is InChI=1S/C15H25N3O/c1-12(2)16-11-13-5-4-6-15(17-13)18(3)14-7-9-19-10-8-14/h4-6,12,14,16H,7-11H2,1-3H3. The summed E-state index contributed by atoms with van der Waals surface area (Å²) in [5.74, 6) is 1.06. The van der Waals surface area contributed by atoms with Crippen LogP contribution in [0.3, 0.4) is 0 Å². The second-order valence-corrected chi connectivity index (χ2v) is 5.48. The molecule has 1 aromatic rings. The van der Waals surface area contributed by atoms with Gasteiger partial charge >= 0.3 is 0 Å². The van der Waals surface area contributed by atoms with Gasteiger partial charge in [-0.2, -0.15) is 0 Å². The molecule has 1 aromatic heterocycles. The van der Waals surface area contributed by atoms with Crippen LogP contribution in [0.2, 0.25) is 0 Å². The molecule has 0 amide bonds. The predicted octanol–water partition coefficient (Wildman–Crippen LogP) is 2.19. The third-order valence-corrected chi connectivity index (χ3v) is 3.58. The van der Waals surface area contributed by atoms with E-state index < -0.39 is 0 Å². The minimum absolute atomic E-state index is 0.485. The molecule has 0 atom stereocenters. The third kappa shape index (κ3) is 4.18. The summed E-state index contributed by atoms with van der Waals surface area (Å²) in [5.41, 5.74) is 1.10. The molecule has 1 N–H and O–H groups in total. The fourth-order valence-electron chi connectivity index (χ4n) is 2.33. The van der Waals surface area contributed by atoms with Gasteiger partial charge in [-0.05, 0) is 25.0 Å². The Balaban J connectivity index is 2.00. The molecule has 0 radical (unpaired) electrons. The fraction of sp³-hybridized carbons (Fsp3) is 0.667. The molecule has 0 aliphatic carbocycles. The summed E-state index contributed by atoms with van der Waals surface area (Å²) < 4.78 is 5.42. The number of hydrogen-bond acceptors (Lipinski definition) is 4. The van der Waals surface area contributed by atoms with Crippen molar-refractivity contribution in [3.8, 4) is 0 Å². The van der Waals surface area contributed by atoms with Crippen LogP contribution in [-0.4, -0.2) is 37.3 Å². The lowest BCUT2D eigenvalue weighted by molar-refractivity contribution is 0.0853. The first-order valence-electron chi connectivity index (χ1n) is 7.16. The van der Waals surface area contributed by atoms with Crippen LogP contribution in [0.1, 0.15) is 32.4 Å². The summed E-state index contributed by atoms with van der Waals surface area (Å²) >= 11 is 0. The van der Waals surface area contributed by atoms with Crippen LogP contribution < -0.4 is 10.2 Å². The van der Waals surface area contributed by atoms with Crippen molar-refractivity contribution in [2.75, 3.05) is 25.2 Å². The van der Waals surface area contributed by atoms with Gasteiger partial charge < -0.3 is 15.0 Å². The Morgan fingerprint density at radius 1 is 1.37 bits per heavy atom. The van der Waals surface area contributed by atoms with Crippen LogP contribution in [0.25, 0.3) is 0 Å². The molecule has 1 saturated heterocycles. The van der Waals surface area contributed by atoms with E-state index >= 15 is 0 Å². The number of rotatable bonds is 5. The van der Waals surface area contributed by atoms with Gasteiger partial charge in [0, 0.05) is 38.9 Å². The molecule has 2 rings (SSSR count). The van der Waals surface area contributed by atoms with Gasteiger partial charge in [-0.1, -0.05) is 19.9 Å². The van der Waals surface area contributed by atoms with E-state index in [0.717, 1.165) is 44.1 Å². The van der Waals surface area contributed by atoms with E-state index in [9.17, 15) is 0 Å². The number of hydrogen-bond donors (Lipinski definition) is 1. The highest BCUT2D eigenvalue weighted by atomic mass is 16.5. The summed E-state index contributed by atoms with van der Waals surface area (Å²) in [5, 5.41) is 3.41. The van der Waals surface area contributed by atoms with Crippen LogP contribution >= 0.6 is 0 Å². The van der Waals surface area contributed by atoms with E-state index in [4.69, 9.17) is 9.72 Å².